The first-order valence-electron chi connectivity index (χ1n) is 5.68. The number of hydrogen-bond acceptors (Lipinski definition) is 5. The number of aromatic nitrogens is 1. The minimum absolute atomic E-state index is 0.220. The Kier molecular flexibility index (Phi) is 2.72. The smallest absolute Gasteiger partial charge is 0.277 e. The van der Waals surface area contributed by atoms with Crippen LogP contribution in [0.25, 0.3) is 10.2 Å². The number of carbonyl (C=O) groups excluding carboxylic acids is 1. The van der Waals surface area contributed by atoms with E-state index in [1.807, 2.05) is 0 Å². The van der Waals surface area contributed by atoms with Gasteiger partial charge in [-0.15, -0.1) is 11.3 Å². The molecule has 19 heavy (non-hydrogen) atoms. The summed E-state index contributed by atoms with van der Waals surface area (Å²) in [6.45, 7) is 0. The molecule has 8 heteroatoms. The Morgan fingerprint density at radius 3 is 2.79 bits per heavy atom. The van der Waals surface area contributed by atoms with Crippen molar-refractivity contribution < 1.29 is 13.2 Å². The molecule has 3 N–H and O–H groups in total. The van der Waals surface area contributed by atoms with E-state index < -0.39 is 15.9 Å². The van der Waals surface area contributed by atoms with Gasteiger partial charge in [-0.05, 0) is 31.0 Å². The molecule has 1 fully saturated rings. The summed E-state index contributed by atoms with van der Waals surface area (Å²) in [5.74, 6) is -0.582. The van der Waals surface area contributed by atoms with Crippen LogP contribution in [0.4, 0.5) is 5.69 Å². The number of rotatable bonds is 4. The van der Waals surface area contributed by atoms with Gasteiger partial charge in [0.15, 0.2) is 5.01 Å². The van der Waals surface area contributed by atoms with Crippen LogP contribution in [-0.4, -0.2) is 24.6 Å². The van der Waals surface area contributed by atoms with Crippen LogP contribution >= 0.6 is 11.3 Å². The molecule has 0 unspecified atom stereocenters. The summed E-state index contributed by atoms with van der Waals surface area (Å²) in [5.41, 5.74) is 6.28. The van der Waals surface area contributed by atoms with Crippen molar-refractivity contribution in [1.82, 2.24) is 4.98 Å². The number of benzene rings is 1. The molecule has 6 nitrogen and oxygen atoms in total. The van der Waals surface area contributed by atoms with E-state index in [1.165, 1.54) is 0 Å². The Labute approximate surface area is 113 Å². The van der Waals surface area contributed by atoms with Crippen molar-refractivity contribution in [3.63, 3.8) is 0 Å². The minimum atomic E-state index is -3.28. The van der Waals surface area contributed by atoms with Crippen LogP contribution in [0.3, 0.4) is 0 Å². The van der Waals surface area contributed by atoms with Gasteiger partial charge in [0.05, 0.1) is 21.2 Å². The van der Waals surface area contributed by atoms with Crippen LogP contribution in [0.2, 0.25) is 0 Å². The number of sulfonamides is 1. The first-order valence-corrected chi connectivity index (χ1v) is 8.04. The molecule has 1 aromatic carbocycles. The summed E-state index contributed by atoms with van der Waals surface area (Å²) in [5, 5.41) is -0.0527. The predicted octanol–water partition coefficient (Wildman–Crippen LogP) is 1.30. The lowest BCUT2D eigenvalue weighted by Crippen LogP contribution is -2.17. The molecule has 3 rings (SSSR count). The molecule has 1 amide bonds. The average molecular weight is 297 g/mol. The largest absolute Gasteiger partial charge is 0.364 e. The summed E-state index contributed by atoms with van der Waals surface area (Å²) in [7, 11) is -3.28. The summed E-state index contributed by atoms with van der Waals surface area (Å²) in [6, 6.07) is 4.97. The van der Waals surface area contributed by atoms with Gasteiger partial charge in [-0.2, -0.15) is 0 Å². The van der Waals surface area contributed by atoms with Crippen molar-refractivity contribution in [3.8, 4) is 0 Å². The second-order valence-electron chi connectivity index (χ2n) is 4.41. The highest BCUT2D eigenvalue weighted by atomic mass is 32.2. The third-order valence-corrected chi connectivity index (χ3v) is 5.72. The number of nitrogens with two attached hydrogens (primary N) is 1. The van der Waals surface area contributed by atoms with Crippen LogP contribution < -0.4 is 10.5 Å². The fraction of sp³-hybridized carbons (Fsp3) is 0.273. The van der Waals surface area contributed by atoms with Crippen molar-refractivity contribution >= 4 is 43.2 Å². The Morgan fingerprint density at radius 1 is 1.42 bits per heavy atom. The third-order valence-electron chi connectivity index (χ3n) is 2.82. The van der Waals surface area contributed by atoms with Crippen LogP contribution in [0.1, 0.15) is 22.6 Å². The maximum Gasteiger partial charge on any atom is 0.277 e. The van der Waals surface area contributed by atoms with Gasteiger partial charge in [-0.1, -0.05) is 0 Å². The summed E-state index contributed by atoms with van der Waals surface area (Å²) >= 11 is 1.15. The molecule has 100 valence electrons. The van der Waals surface area contributed by atoms with Crippen LogP contribution in [-0.2, 0) is 10.0 Å². The van der Waals surface area contributed by atoms with Crippen molar-refractivity contribution in [1.29, 1.82) is 0 Å². The molecule has 1 aromatic heterocycles. The van der Waals surface area contributed by atoms with E-state index >= 15 is 0 Å². The normalized spacial score (nSPS) is 15.6. The van der Waals surface area contributed by atoms with Crippen LogP contribution in [0.5, 0.6) is 0 Å². The summed E-state index contributed by atoms with van der Waals surface area (Å²) in [4.78, 5) is 15.1. The third kappa shape index (κ3) is 2.41. The average Bonchev–Trinajstić information content (AvgIpc) is 3.09. The van der Waals surface area contributed by atoms with E-state index in [2.05, 4.69) is 9.71 Å². The van der Waals surface area contributed by atoms with Crippen molar-refractivity contribution in [2.45, 2.75) is 18.1 Å². The van der Waals surface area contributed by atoms with Crippen molar-refractivity contribution in [2.75, 3.05) is 4.72 Å². The number of amides is 1. The van der Waals surface area contributed by atoms with Crippen LogP contribution in [0.15, 0.2) is 18.2 Å². The van der Waals surface area contributed by atoms with Crippen LogP contribution in [0, 0.1) is 0 Å². The first-order chi connectivity index (χ1) is 8.95. The van der Waals surface area contributed by atoms with E-state index in [4.69, 9.17) is 5.73 Å². The van der Waals surface area contributed by atoms with E-state index in [-0.39, 0.29) is 10.3 Å². The number of nitrogens with zero attached hydrogens (tertiary/aromatic N) is 1. The Morgan fingerprint density at radius 2 is 2.16 bits per heavy atom. The highest BCUT2D eigenvalue weighted by molar-refractivity contribution is 7.93. The molecular weight excluding hydrogens is 286 g/mol. The van der Waals surface area contributed by atoms with Crippen molar-refractivity contribution in [2.24, 2.45) is 5.73 Å². The molecule has 0 spiro atoms. The zero-order chi connectivity index (χ0) is 13.6. The van der Waals surface area contributed by atoms with E-state index in [1.54, 1.807) is 18.2 Å². The quantitative estimate of drug-likeness (QED) is 0.887. The molecule has 0 radical (unpaired) electrons. The lowest BCUT2D eigenvalue weighted by Gasteiger charge is -2.06. The molecular formula is C11H11N3O3S2. The SMILES string of the molecule is NC(=O)c1nc2ccc(NS(=O)(=O)C3CC3)cc2s1. The van der Waals surface area contributed by atoms with Gasteiger partial charge in [-0.25, -0.2) is 13.4 Å². The highest BCUT2D eigenvalue weighted by Crippen LogP contribution is 2.31. The molecule has 1 saturated carbocycles. The number of primary amides is 1. The monoisotopic (exact) mass is 297 g/mol. The number of carbonyl (C=O) groups is 1. The number of thiazole rings is 1. The van der Waals surface area contributed by atoms with Crippen molar-refractivity contribution in [3.05, 3.63) is 23.2 Å². The van der Waals surface area contributed by atoms with Gasteiger partial charge >= 0.3 is 0 Å². The zero-order valence-corrected chi connectivity index (χ0v) is 11.4. The second kappa shape index (κ2) is 4.17. The van der Waals surface area contributed by atoms with Gasteiger partial charge in [0.25, 0.3) is 5.91 Å². The number of nitrogens with one attached hydrogen (secondary N) is 1. The Bertz CT molecular complexity index is 763. The molecule has 1 aliphatic rings. The standard InChI is InChI=1S/C11H11N3O3S2/c12-10(15)11-13-8-4-1-6(5-9(8)18-11)14-19(16,17)7-2-3-7/h1,4-5,7,14H,2-3H2,(H2,12,15). The second-order valence-corrected chi connectivity index (χ2v) is 7.40. The van der Waals surface area contributed by atoms with Gasteiger partial charge in [0.2, 0.25) is 10.0 Å². The molecule has 0 atom stereocenters. The lowest BCUT2D eigenvalue weighted by molar-refractivity contribution is 0.1000. The first kappa shape index (κ1) is 12.4. The van der Waals surface area contributed by atoms with Gasteiger partial charge < -0.3 is 5.73 Å². The predicted molar refractivity (Wildman–Crippen MR) is 73.7 cm³/mol. The molecule has 1 heterocycles. The Hall–Kier alpha value is -1.67. The molecule has 1 aliphatic carbocycles. The maximum atomic E-state index is 11.8. The molecule has 0 aliphatic heterocycles. The van der Waals surface area contributed by atoms with E-state index in [9.17, 15) is 13.2 Å². The molecule has 0 bridgehead atoms. The number of fused-ring (bicyclic) bond motifs is 1. The Balaban J connectivity index is 1.95. The highest BCUT2D eigenvalue weighted by Gasteiger charge is 2.35. The van der Waals surface area contributed by atoms with Gasteiger partial charge in [0, 0.05) is 0 Å². The molecule has 0 saturated heterocycles. The van der Waals surface area contributed by atoms with Gasteiger partial charge in [-0.3, -0.25) is 9.52 Å². The topological polar surface area (TPSA) is 102 Å². The fourth-order valence-electron chi connectivity index (χ4n) is 1.72. The lowest BCUT2D eigenvalue weighted by atomic mass is 10.3. The zero-order valence-electron chi connectivity index (χ0n) is 9.79. The minimum Gasteiger partial charge on any atom is -0.364 e. The number of anilines is 1. The number of hydrogen-bond donors (Lipinski definition) is 2. The summed E-state index contributed by atoms with van der Waals surface area (Å²) < 4.78 is 26.9. The van der Waals surface area contributed by atoms with E-state index in [0.717, 1.165) is 16.0 Å². The summed E-state index contributed by atoms with van der Waals surface area (Å²) in [6.07, 6.45) is 1.42. The fourth-order valence-corrected chi connectivity index (χ4v) is 3.96. The van der Waals surface area contributed by atoms with Gasteiger partial charge in [0.1, 0.15) is 0 Å². The van der Waals surface area contributed by atoms with E-state index in [0.29, 0.717) is 24.0 Å². The molecule has 2 aromatic rings. The maximum absolute atomic E-state index is 11.8.